The maximum absolute atomic E-state index is 6.34. The summed E-state index contributed by atoms with van der Waals surface area (Å²) >= 11 is 6.01. The Bertz CT molecular complexity index is 261. The van der Waals surface area contributed by atoms with Crippen LogP contribution in [0, 0.1) is 0 Å². The normalized spacial score (nSPS) is 28.4. The van der Waals surface area contributed by atoms with Gasteiger partial charge in [-0.1, -0.05) is 12.8 Å². The molecular weight excluding hydrogens is 234 g/mol. The van der Waals surface area contributed by atoms with Crippen molar-refractivity contribution in [2.45, 2.75) is 69.6 Å². The van der Waals surface area contributed by atoms with Gasteiger partial charge in [-0.2, -0.15) is 0 Å². The molecule has 2 fully saturated rings. The first-order chi connectivity index (χ1) is 7.97. The summed E-state index contributed by atoms with van der Waals surface area (Å²) in [5.74, 6) is 0.668. The average Bonchev–Trinajstić information content (AvgIpc) is 2.90. The Morgan fingerprint density at radius 2 is 1.94 bits per heavy atom. The molecule has 2 aliphatic rings. The summed E-state index contributed by atoms with van der Waals surface area (Å²) in [5, 5.41) is 0. The van der Waals surface area contributed by atoms with Gasteiger partial charge in [0.2, 0.25) is 0 Å². The highest BCUT2D eigenvalue weighted by Gasteiger charge is 2.42. The molecule has 0 radical (unpaired) electrons. The van der Waals surface area contributed by atoms with E-state index in [1.54, 1.807) is 0 Å². The van der Waals surface area contributed by atoms with E-state index < -0.39 is 0 Å². The molecule has 0 aromatic heterocycles. The summed E-state index contributed by atoms with van der Waals surface area (Å²) in [6.07, 6.45) is 8.19. The number of halogens is 1. The molecule has 0 N–H and O–H groups in total. The molecule has 17 heavy (non-hydrogen) atoms. The van der Waals surface area contributed by atoms with Gasteiger partial charge in [-0.25, -0.2) is 0 Å². The fourth-order valence-corrected chi connectivity index (χ4v) is 3.27. The van der Waals surface area contributed by atoms with Crippen LogP contribution in [0.1, 0.15) is 52.4 Å². The third kappa shape index (κ3) is 2.97. The van der Waals surface area contributed by atoms with Crippen molar-refractivity contribution in [3.63, 3.8) is 0 Å². The van der Waals surface area contributed by atoms with E-state index in [0.29, 0.717) is 12.0 Å². The highest BCUT2D eigenvalue weighted by molar-refractivity contribution is 6.18. The predicted octanol–water partition coefficient (Wildman–Crippen LogP) is 3.43. The Morgan fingerprint density at radius 3 is 2.53 bits per heavy atom. The third-order valence-corrected chi connectivity index (χ3v) is 5.35. The van der Waals surface area contributed by atoms with Crippen molar-refractivity contribution in [2.24, 2.45) is 0 Å². The Balaban J connectivity index is 1.85. The van der Waals surface area contributed by atoms with Crippen LogP contribution in [0.3, 0.4) is 0 Å². The molecule has 1 saturated carbocycles. The minimum absolute atomic E-state index is 0.0658. The number of likely N-dealkylation sites (N-methyl/N-ethyl adjacent to an activating group) is 1. The van der Waals surface area contributed by atoms with E-state index in [2.05, 4.69) is 25.8 Å². The van der Waals surface area contributed by atoms with Gasteiger partial charge in [-0.3, -0.25) is 4.90 Å². The molecule has 1 spiro atoms. The largest absolute Gasteiger partial charge is 0.370 e. The standard InChI is InChI=1S/C14H26ClNO/c1-13(2,11-15)16(3)10-12-6-9-14(17-12)7-4-5-8-14/h12H,4-11H2,1-3H3. The second kappa shape index (κ2) is 5.07. The summed E-state index contributed by atoms with van der Waals surface area (Å²) in [7, 11) is 2.16. The van der Waals surface area contributed by atoms with Gasteiger partial charge in [-0.15, -0.1) is 11.6 Å². The number of alkyl halides is 1. The van der Waals surface area contributed by atoms with E-state index in [0.717, 1.165) is 6.54 Å². The van der Waals surface area contributed by atoms with Gasteiger partial charge in [0.25, 0.3) is 0 Å². The van der Waals surface area contributed by atoms with E-state index in [-0.39, 0.29) is 11.1 Å². The van der Waals surface area contributed by atoms with E-state index in [9.17, 15) is 0 Å². The molecular formula is C14H26ClNO. The molecule has 0 aromatic carbocycles. The number of hydrogen-bond acceptors (Lipinski definition) is 2. The van der Waals surface area contributed by atoms with Crippen LogP contribution >= 0.6 is 11.6 Å². The number of rotatable bonds is 4. The molecule has 0 aromatic rings. The first-order valence-corrected chi connectivity index (χ1v) is 7.46. The molecule has 1 heterocycles. The first kappa shape index (κ1) is 13.6. The molecule has 1 atom stereocenters. The van der Waals surface area contributed by atoms with Crippen molar-refractivity contribution in [3.8, 4) is 0 Å². The zero-order chi connectivity index (χ0) is 12.5. The SMILES string of the molecule is CN(CC1CCC2(CCCC2)O1)C(C)(C)CCl. The molecule has 1 unspecified atom stereocenters. The van der Waals surface area contributed by atoms with E-state index in [1.807, 2.05) is 0 Å². The van der Waals surface area contributed by atoms with Gasteiger partial charge in [0.1, 0.15) is 0 Å². The third-order valence-electron chi connectivity index (χ3n) is 4.69. The number of nitrogens with zero attached hydrogens (tertiary/aromatic N) is 1. The van der Waals surface area contributed by atoms with Gasteiger partial charge in [0.05, 0.1) is 11.7 Å². The van der Waals surface area contributed by atoms with Crippen LogP contribution < -0.4 is 0 Å². The Morgan fingerprint density at radius 1 is 1.29 bits per heavy atom. The highest BCUT2D eigenvalue weighted by atomic mass is 35.5. The molecule has 0 amide bonds. The summed E-state index contributed by atoms with van der Waals surface area (Å²) in [4.78, 5) is 2.35. The Hall–Kier alpha value is 0.210. The molecule has 1 aliphatic heterocycles. The molecule has 1 saturated heterocycles. The van der Waals surface area contributed by atoms with Crippen LogP contribution in [0.4, 0.5) is 0 Å². The predicted molar refractivity (Wildman–Crippen MR) is 72.7 cm³/mol. The van der Waals surface area contributed by atoms with Gasteiger partial charge >= 0.3 is 0 Å². The Kier molecular flexibility index (Phi) is 4.06. The first-order valence-electron chi connectivity index (χ1n) is 6.92. The smallest absolute Gasteiger partial charge is 0.0710 e. The van der Waals surface area contributed by atoms with Crippen LogP contribution in [0.5, 0.6) is 0 Å². The van der Waals surface area contributed by atoms with Crippen molar-refractivity contribution in [1.29, 1.82) is 0 Å². The zero-order valence-corrected chi connectivity index (χ0v) is 12.2. The molecule has 0 bridgehead atoms. The van der Waals surface area contributed by atoms with Crippen molar-refractivity contribution >= 4 is 11.6 Å². The summed E-state index contributed by atoms with van der Waals surface area (Å²) < 4.78 is 6.34. The van der Waals surface area contributed by atoms with Gasteiger partial charge < -0.3 is 4.74 Å². The molecule has 3 heteroatoms. The second-order valence-electron chi connectivity index (χ2n) is 6.50. The lowest BCUT2D eigenvalue weighted by atomic mass is 9.98. The summed E-state index contributed by atoms with van der Waals surface area (Å²) in [6.45, 7) is 5.40. The summed E-state index contributed by atoms with van der Waals surface area (Å²) in [5.41, 5.74) is 0.326. The zero-order valence-electron chi connectivity index (χ0n) is 11.5. The van der Waals surface area contributed by atoms with Gasteiger partial charge in [-0.05, 0) is 46.6 Å². The van der Waals surface area contributed by atoms with E-state index in [1.165, 1.54) is 38.5 Å². The van der Waals surface area contributed by atoms with Gasteiger partial charge in [0.15, 0.2) is 0 Å². The second-order valence-corrected chi connectivity index (χ2v) is 6.76. The lowest BCUT2D eigenvalue weighted by molar-refractivity contribution is -0.0521. The fraction of sp³-hybridized carbons (Fsp3) is 1.00. The van der Waals surface area contributed by atoms with Crippen molar-refractivity contribution in [1.82, 2.24) is 4.90 Å². The van der Waals surface area contributed by atoms with Crippen LogP contribution in [0.25, 0.3) is 0 Å². The highest BCUT2D eigenvalue weighted by Crippen LogP contribution is 2.43. The minimum atomic E-state index is 0.0658. The van der Waals surface area contributed by atoms with Crippen molar-refractivity contribution in [2.75, 3.05) is 19.5 Å². The molecule has 1 aliphatic carbocycles. The monoisotopic (exact) mass is 259 g/mol. The quantitative estimate of drug-likeness (QED) is 0.718. The number of ether oxygens (including phenoxy) is 1. The maximum atomic E-state index is 6.34. The van der Waals surface area contributed by atoms with Crippen molar-refractivity contribution < 1.29 is 4.74 Å². The summed E-state index contributed by atoms with van der Waals surface area (Å²) in [6, 6.07) is 0. The number of hydrogen-bond donors (Lipinski definition) is 0. The molecule has 100 valence electrons. The lowest BCUT2D eigenvalue weighted by Gasteiger charge is -2.36. The van der Waals surface area contributed by atoms with Crippen LogP contribution in [-0.2, 0) is 4.74 Å². The Labute approximate surface area is 111 Å². The van der Waals surface area contributed by atoms with Crippen LogP contribution in [-0.4, -0.2) is 41.6 Å². The van der Waals surface area contributed by atoms with Crippen LogP contribution in [0.2, 0.25) is 0 Å². The van der Waals surface area contributed by atoms with Crippen molar-refractivity contribution in [3.05, 3.63) is 0 Å². The molecule has 2 rings (SSSR count). The van der Waals surface area contributed by atoms with E-state index in [4.69, 9.17) is 16.3 Å². The minimum Gasteiger partial charge on any atom is -0.370 e. The van der Waals surface area contributed by atoms with E-state index >= 15 is 0 Å². The van der Waals surface area contributed by atoms with Gasteiger partial charge in [0, 0.05) is 18.0 Å². The fourth-order valence-electron chi connectivity index (χ4n) is 3.07. The molecule has 2 nitrogen and oxygen atoms in total. The average molecular weight is 260 g/mol. The maximum Gasteiger partial charge on any atom is 0.0710 e. The lowest BCUT2D eigenvalue weighted by Crippen LogP contribution is -2.46. The topological polar surface area (TPSA) is 12.5 Å². The van der Waals surface area contributed by atoms with Crippen LogP contribution in [0.15, 0.2) is 0 Å².